The Labute approximate surface area is 368 Å². The third kappa shape index (κ3) is 5.73. The average molecular weight is 811 g/mol. The number of benzene rings is 9. The molecule has 1 aliphatic carbocycles. The molecule has 63 heavy (non-hydrogen) atoms. The summed E-state index contributed by atoms with van der Waals surface area (Å²) < 4.78 is 11.3. The Hall–Kier alpha value is -7.62. The van der Waals surface area contributed by atoms with Gasteiger partial charge in [0.2, 0.25) is 0 Å². The lowest BCUT2D eigenvalue weighted by molar-refractivity contribution is 0.306. The first-order valence-corrected chi connectivity index (χ1v) is 22.3. The summed E-state index contributed by atoms with van der Waals surface area (Å²) in [5.74, 6) is 1.41. The van der Waals surface area contributed by atoms with Crippen molar-refractivity contribution in [2.45, 2.75) is 38.2 Å². The van der Waals surface area contributed by atoms with Crippen molar-refractivity contribution in [2.24, 2.45) is 0 Å². The van der Waals surface area contributed by atoms with Crippen molar-refractivity contribution in [2.75, 3.05) is 0 Å². The SMILES string of the molecule is CCC(C)c1ccc(COc2ccc(C3(c4ccccc4)c4ccc(-n5c6ccccc6c6ccccc65)cc4-c4cc(-n5c6ccccc6c6ccccc65)ccc43)cc2)cc1. The van der Waals surface area contributed by atoms with Gasteiger partial charge in [0.1, 0.15) is 12.4 Å². The molecule has 0 radical (unpaired) electrons. The van der Waals surface area contributed by atoms with E-state index >= 15 is 0 Å². The van der Waals surface area contributed by atoms with Gasteiger partial charge in [-0.05, 0) is 118 Å². The third-order valence-electron chi connectivity index (χ3n) is 13.8. The second-order valence-electron chi connectivity index (χ2n) is 17.2. The quantitative estimate of drug-likeness (QED) is 0.142. The van der Waals surface area contributed by atoms with Crippen LogP contribution in [0.5, 0.6) is 5.75 Å². The largest absolute Gasteiger partial charge is 0.489 e. The lowest BCUT2D eigenvalue weighted by Crippen LogP contribution is -2.28. The van der Waals surface area contributed by atoms with Crippen molar-refractivity contribution >= 4 is 43.6 Å². The van der Waals surface area contributed by atoms with Gasteiger partial charge in [-0.2, -0.15) is 0 Å². The van der Waals surface area contributed by atoms with Crippen LogP contribution in [0.4, 0.5) is 0 Å². The third-order valence-corrected chi connectivity index (χ3v) is 13.8. The van der Waals surface area contributed by atoms with Gasteiger partial charge in [-0.3, -0.25) is 0 Å². The van der Waals surface area contributed by atoms with Crippen molar-refractivity contribution in [1.82, 2.24) is 9.13 Å². The van der Waals surface area contributed by atoms with Crippen molar-refractivity contribution in [1.29, 1.82) is 0 Å². The molecule has 3 heteroatoms. The van der Waals surface area contributed by atoms with Crippen molar-refractivity contribution in [3.8, 4) is 28.3 Å². The smallest absolute Gasteiger partial charge is 0.119 e. The summed E-state index contributed by atoms with van der Waals surface area (Å²) in [6.07, 6.45) is 1.13. The number of nitrogens with zero attached hydrogens (tertiary/aromatic N) is 2. The molecule has 11 aromatic rings. The van der Waals surface area contributed by atoms with E-state index < -0.39 is 5.41 Å². The van der Waals surface area contributed by atoms with Gasteiger partial charge < -0.3 is 13.9 Å². The van der Waals surface area contributed by atoms with Crippen LogP contribution >= 0.6 is 0 Å². The Morgan fingerprint density at radius 1 is 0.444 bits per heavy atom. The van der Waals surface area contributed by atoms with E-state index in [4.69, 9.17) is 4.74 Å². The summed E-state index contributed by atoms with van der Waals surface area (Å²) in [5, 5.41) is 5.02. The maximum absolute atomic E-state index is 6.46. The molecule has 0 N–H and O–H groups in total. The standard InChI is InChI=1S/C60H46N2O/c1-3-40(2)42-27-25-41(26-28-42)39-63-47-33-29-44(30-34-47)60(43-15-5-4-6-16-43)54-35-31-45(61-56-21-11-7-17-48(56)49-18-8-12-22-57(49)61)37-52(54)53-38-46(32-36-55(53)60)62-58-23-13-9-19-50(58)51-20-10-14-24-59(51)62/h4-38,40H,3,39H2,1-2H3. The molecule has 0 saturated carbocycles. The molecule has 0 bridgehead atoms. The molecule has 302 valence electrons. The molecule has 0 saturated heterocycles. The zero-order valence-electron chi connectivity index (χ0n) is 35.5. The van der Waals surface area contributed by atoms with E-state index in [1.807, 2.05) is 0 Å². The Morgan fingerprint density at radius 2 is 0.873 bits per heavy atom. The van der Waals surface area contributed by atoms with Crippen LogP contribution in [0.15, 0.2) is 212 Å². The van der Waals surface area contributed by atoms with Crippen LogP contribution in [0.3, 0.4) is 0 Å². The van der Waals surface area contributed by atoms with Gasteiger partial charge in [-0.25, -0.2) is 0 Å². The van der Waals surface area contributed by atoms with Crippen LogP contribution in [0.25, 0.3) is 66.1 Å². The van der Waals surface area contributed by atoms with Crippen LogP contribution in [0.2, 0.25) is 0 Å². The van der Waals surface area contributed by atoms with Crippen molar-refractivity contribution < 1.29 is 4.74 Å². The van der Waals surface area contributed by atoms with Crippen LogP contribution in [-0.4, -0.2) is 9.13 Å². The minimum Gasteiger partial charge on any atom is -0.489 e. The van der Waals surface area contributed by atoms with Gasteiger partial charge in [0.25, 0.3) is 0 Å². The fourth-order valence-electron chi connectivity index (χ4n) is 10.6. The zero-order valence-corrected chi connectivity index (χ0v) is 35.5. The summed E-state index contributed by atoms with van der Waals surface area (Å²) >= 11 is 0. The van der Waals surface area contributed by atoms with Gasteiger partial charge in [0.05, 0.1) is 27.5 Å². The second-order valence-corrected chi connectivity index (χ2v) is 17.2. The molecule has 0 fully saturated rings. The zero-order chi connectivity index (χ0) is 42.1. The molecule has 12 rings (SSSR count). The highest BCUT2D eigenvalue weighted by Gasteiger charge is 2.46. The first kappa shape index (κ1) is 37.2. The van der Waals surface area contributed by atoms with Gasteiger partial charge >= 0.3 is 0 Å². The predicted octanol–water partition coefficient (Wildman–Crippen LogP) is 15.3. The molecular weight excluding hydrogens is 765 g/mol. The number of fused-ring (bicyclic) bond motifs is 9. The van der Waals surface area contributed by atoms with E-state index in [1.165, 1.54) is 88.1 Å². The van der Waals surface area contributed by atoms with Gasteiger partial charge in [0, 0.05) is 32.9 Å². The summed E-state index contributed by atoms with van der Waals surface area (Å²) in [5.41, 5.74) is 16.5. The fraction of sp³-hybridized carbons (Fsp3) is 0.100. The van der Waals surface area contributed by atoms with E-state index in [-0.39, 0.29) is 0 Å². The van der Waals surface area contributed by atoms with Crippen LogP contribution in [0.1, 0.15) is 59.6 Å². The lowest BCUT2D eigenvalue weighted by atomic mass is 9.67. The van der Waals surface area contributed by atoms with E-state index in [9.17, 15) is 0 Å². The molecule has 1 unspecified atom stereocenters. The number of hydrogen-bond acceptors (Lipinski definition) is 1. The number of aromatic nitrogens is 2. The predicted molar refractivity (Wildman–Crippen MR) is 262 cm³/mol. The van der Waals surface area contributed by atoms with E-state index in [0.717, 1.165) is 23.5 Å². The Morgan fingerprint density at radius 3 is 1.33 bits per heavy atom. The monoisotopic (exact) mass is 810 g/mol. The Bertz CT molecular complexity index is 3230. The van der Waals surface area contributed by atoms with Crippen LogP contribution < -0.4 is 4.74 Å². The molecule has 0 aliphatic heterocycles. The maximum atomic E-state index is 6.46. The highest BCUT2D eigenvalue weighted by Crippen LogP contribution is 2.57. The van der Waals surface area contributed by atoms with Gasteiger partial charge in [-0.1, -0.05) is 166 Å². The summed E-state index contributed by atoms with van der Waals surface area (Å²) in [6, 6.07) is 78.3. The van der Waals surface area contributed by atoms with E-state index in [1.54, 1.807) is 0 Å². The molecular formula is C60H46N2O. The number of ether oxygens (including phenoxy) is 1. The molecule has 1 atom stereocenters. The van der Waals surface area contributed by atoms with Crippen LogP contribution in [0, 0.1) is 0 Å². The summed E-state index contributed by atoms with van der Waals surface area (Å²) in [6.45, 7) is 5.04. The van der Waals surface area contributed by atoms with Crippen molar-refractivity contribution in [3.05, 3.63) is 246 Å². The highest BCUT2D eigenvalue weighted by molar-refractivity contribution is 6.10. The van der Waals surface area contributed by atoms with E-state index in [2.05, 4.69) is 235 Å². The number of hydrogen-bond donors (Lipinski definition) is 0. The first-order valence-electron chi connectivity index (χ1n) is 22.3. The van der Waals surface area contributed by atoms with Crippen molar-refractivity contribution in [3.63, 3.8) is 0 Å². The minimum absolute atomic E-state index is 0.521. The molecule has 2 aromatic heterocycles. The topological polar surface area (TPSA) is 19.1 Å². The Kier molecular flexibility index (Phi) is 8.72. The molecule has 2 heterocycles. The molecule has 1 aliphatic rings. The minimum atomic E-state index is -0.588. The summed E-state index contributed by atoms with van der Waals surface area (Å²) in [4.78, 5) is 0. The maximum Gasteiger partial charge on any atom is 0.119 e. The average Bonchev–Trinajstić information content (AvgIpc) is 3.97. The molecule has 3 nitrogen and oxygen atoms in total. The van der Waals surface area contributed by atoms with Crippen LogP contribution in [-0.2, 0) is 12.0 Å². The molecule has 0 amide bonds. The number of rotatable bonds is 9. The molecule has 0 spiro atoms. The van der Waals surface area contributed by atoms with Gasteiger partial charge in [-0.15, -0.1) is 0 Å². The number of para-hydroxylation sites is 4. The Balaban J connectivity index is 1.06. The summed E-state index contributed by atoms with van der Waals surface area (Å²) in [7, 11) is 0. The fourth-order valence-corrected chi connectivity index (χ4v) is 10.6. The second kappa shape index (κ2) is 14.8. The normalized spacial score (nSPS) is 13.4. The van der Waals surface area contributed by atoms with Gasteiger partial charge in [0.15, 0.2) is 0 Å². The molecule has 9 aromatic carbocycles. The first-order chi connectivity index (χ1) is 31.1. The lowest BCUT2D eigenvalue weighted by Gasteiger charge is -2.34. The highest BCUT2D eigenvalue weighted by atomic mass is 16.5. The van der Waals surface area contributed by atoms with E-state index in [0.29, 0.717) is 12.5 Å².